The molecule has 0 amide bonds. The summed E-state index contributed by atoms with van der Waals surface area (Å²) in [5, 5.41) is 0. The molecule has 1 atom stereocenters. The van der Waals surface area contributed by atoms with Crippen LogP contribution in [0.25, 0.3) is 0 Å². The van der Waals surface area contributed by atoms with E-state index in [0.29, 0.717) is 0 Å². The Morgan fingerprint density at radius 3 is 2.70 bits per heavy atom. The molecule has 2 aromatic rings. The molecule has 4 nitrogen and oxygen atoms in total. The van der Waals surface area contributed by atoms with Gasteiger partial charge in [0.2, 0.25) is 0 Å². The average Bonchev–Trinajstić information content (AvgIpc) is 2.47. The molecule has 1 aromatic heterocycles. The number of fused-ring (bicyclic) bond motifs is 2. The van der Waals surface area contributed by atoms with Crippen molar-refractivity contribution >= 4 is 22.3 Å². The predicted molar refractivity (Wildman–Crippen MR) is 80.9 cm³/mol. The first kappa shape index (κ1) is 13.3. The highest BCUT2D eigenvalue weighted by atomic mass is 32.2. The zero-order valence-electron chi connectivity index (χ0n) is 11.6. The Hall–Kier alpha value is -1.72. The molecule has 0 bridgehead atoms. The molecular formula is C15H17N3OS. The summed E-state index contributed by atoms with van der Waals surface area (Å²) >= 11 is 0. The predicted octanol–water partition coefficient (Wildman–Crippen LogP) is 2.26. The van der Waals surface area contributed by atoms with Crippen molar-refractivity contribution in [3.63, 3.8) is 0 Å². The van der Waals surface area contributed by atoms with E-state index in [1.807, 2.05) is 50.5 Å². The van der Waals surface area contributed by atoms with Crippen molar-refractivity contribution in [2.45, 2.75) is 9.79 Å². The van der Waals surface area contributed by atoms with E-state index in [0.717, 1.165) is 34.4 Å². The first-order valence-electron chi connectivity index (χ1n) is 6.56. The fraction of sp³-hybridized carbons (Fsp3) is 0.267. The molecule has 1 aromatic carbocycles. The van der Waals surface area contributed by atoms with E-state index in [1.165, 1.54) is 0 Å². The number of hydrogen-bond donors (Lipinski definition) is 0. The lowest BCUT2D eigenvalue weighted by Gasteiger charge is -2.32. The largest absolute Gasteiger partial charge is 0.323 e. The Labute approximate surface area is 121 Å². The maximum absolute atomic E-state index is 12.6. The van der Waals surface area contributed by atoms with E-state index < -0.39 is 10.8 Å². The van der Waals surface area contributed by atoms with Gasteiger partial charge in [0.25, 0.3) is 0 Å². The van der Waals surface area contributed by atoms with Gasteiger partial charge in [0, 0.05) is 19.3 Å². The molecule has 0 N–H and O–H groups in total. The molecule has 104 valence electrons. The van der Waals surface area contributed by atoms with Gasteiger partial charge in [-0.2, -0.15) is 0 Å². The fourth-order valence-electron chi connectivity index (χ4n) is 2.33. The summed E-state index contributed by atoms with van der Waals surface area (Å²) in [5.41, 5.74) is 0.999. The number of pyridine rings is 1. The van der Waals surface area contributed by atoms with Gasteiger partial charge in [-0.1, -0.05) is 12.1 Å². The third-order valence-electron chi connectivity index (χ3n) is 3.33. The van der Waals surface area contributed by atoms with Gasteiger partial charge >= 0.3 is 0 Å². The molecule has 1 aliphatic rings. The monoisotopic (exact) mass is 287 g/mol. The minimum atomic E-state index is -1.14. The van der Waals surface area contributed by atoms with Crippen LogP contribution in [0.4, 0.5) is 11.5 Å². The van der Waals surface area contributed by atoms with Crippen molar-refractivity contribution in [2.24, 2.45) is 0 Å². The minimum absolute atomic E-state index is 0.796. The van der Waals surface area contributed by atoms with Gasteiger partial charge in [-0.05, 0) is 38.4 Å². The third-order valence-corrected chi connectivity index (χ3v) is 4.80. The van der Waals surface area contributed by atoms with E-state index in [1.54, 1.807) is 6.20 Å². The smallest absolute Gasteiger partial charge is 0.149 e. The molecule has 0 radical (unpaired) electrons. The van der Waals surface area contributed by atoms with Crippen molar-refractivity contribution < 1.29 is 4.21 Å². The molecule has 0 spiro atoms. The highest BCUT2D eigenvalue weighted by molar-refractivity contribution is 7.85. The van der Waals surface area contributed by atoms with Crippen LogP contribution in [0.2, 0.25) is 0 Å². The quantitative estimate of drug-likeness (QED) is 0.867. The van der Waals surface area contributed by atoms with Crippen LogP contribution < -0.4 is 4.90 Å². The fourth-order valence-corrected chi connectivity index (χ4v) is 3.66. The molecule has 0 aliphatic carbocycles. The van der Waals surface area contributed by atoms with Gasteiger partial charge in [-0.3, -0.25) is 0 Å². The van der Waals surface area contributed by atoms with Crippen molar-refractivity contribution in [3.05, 3.63) is 42.6 Å². The van der Waals surface area contributed by atoms with Crippen LogP contribution in [0, 0.1) is 0 Å². The SMILES string of the molecule is CN(C)CCN1c2ccccc2S(=O)c2cccnc21. The zero-order chi connectivity index (χ0) is 14.1. The topological polar surface area (TPSA) is 36.4 Å². The lowest BCUT2D eigenvalue weighted by Crippen LogP contribution is -2.32. The summed E-state index contributed by atoms with van der Waals surface area (Å²) in [6.45, 7) is 1.74. The molecule has 5 heteroatoms. The van der Waals surface area contributed by atoms with Crippen molar-refractivity contribution in [1.82, 2.24) is 9.88 Å². The molecular weight excluding hydrogens is 270 g/mol. The first-order valence-corrected chi connectivity index (χ1v) is 7.71. The average molecular weight is 287 g/mol. The number of aromatic nitrogens is 1. The number of hydrogen-bond acceptors (Lipinski definition) is 4. The number of para-hydroxylation sites is 1. The van der Waals surface area contributed by atoms with Crippen molar-refractivity contribution in [3.8, 4) is 0 Å². The van der Waals surface area contributed by atoms with Crippen LogP contribution >= 0.6 is 0 Å². The van der Waals surface area contributed by atoms with Gasteiger partial charge in [0.05, 0.1) is 26.3 Å². The van der Waals surface area contributed by atoms with Gasteiger partial charge in [0.15, 0.2) is 0 Å². The normalized spacial score (nSPS) is 16.9. The molecule has 0 saturated heterocycles. The summed E-state index contributed by atoms with van der Waals surface area (Å²) in [5.74, 6) is 0.811. The van der Waals surface area contributed by atoms with Crippen LogP contribution in [-0.2, 0) is 10.8 Å². The number of anilines is 2. The molecule has 1 aliphatic heterocycles. The highest BCUT2D eigenvalue weighted by Crippen LogP contribution is 2.39. The van der Waals surface area contributed by atoms with Gasteiger partial charge < -0.3 is 9.80 Å². The molecule has 3 rings (SSSR count). The van der Waals surface area contributed by atoms with Crippen LogP contribution in [0.15, 0.2) is 52.4 Å². The molecule has 2 heterocycles. The zero-order valence-corrected chi connectivity index (χ0v) is 12.4. The summed E-state index contributed by atoms with van der Waals surface area (Å²) in [7, 11) is 2.96. The van der Waals surface area contributed by atoms with Gasteiger partial charge in [-0.25, -0.2) is 9.19 Å². The van der Waals surface area contributed by atoms with E-state index in [4.69, 9.17) is 0 Å². The lowest BCUT2D eigenvalue weighted by molar-refractivity contribution is 0.417. The van der Waals surface area contributed by atoms with E-state index in [2.05, 4.69) is 14.8 Å². The van der Waals surface area contributed by atoms with Gasteiger partial charge in [0.1, 0.15) is 5.82 Å². The number of rotatable bonds is 3. The Bertz CT molecular complexity index is 608. The molecule has 1 unspecified atom stereocenters. The second-order valence-electron chi connectivity index (χ2n) is 5.02. The second-order valence-corrected chi connectivity index (χ2v) is 6.43. The van der Waals surface area contributed by atoms with E-state index in [9.17, 15) is 4.21 Å². The molecule has 20 heavy (non-hydrogen) atoms. The first-order chi connectivity index (χ1) is 9.68. The van der Waals surface area contributed by atoms with Crippen molar-refractivity contribution in [1.29, 1.82) is 0 Å². The Balaban J connectivity index is 2.10. The number of nitrogens with zero attached hydrogens (tertiary/aromatic N) is 3. The maximum atomic E-state index is 12.6. The summed E-state index contributed by atoms with van der Waals surface area (Å²) in [6.07, 6.45) is 1.76. The Kier molecular flexibility index (Phi) is 3.54. The summed E-state index contributed by atoms with van der Waals surface area (Å²) in [6, 6.07) is 11.6. The van der Waals surface area contributed by atoms with Crippen molar-refractivity contribution in [2.75, 3.05) is 32.1 Å². The van der Waals surface area contributed by atoms with Gasteiger partial charge in [-0.15, -0.1) is 0 Å². The summed E-state index contributed by atoms with van der Waals surface area (Å²) < 4.78 is 12.6. The number of benzene rings is 1. The van der Waals surface area contributed by atoms with Crippen LogP contribution in [-0.4, -0.2) is 41.3 Å². The summed E-state index contributed by atoms with van der Waals surface area (Å²) in [4.78, 5) is 10.4. The second kappa shape index (κ2) is 5.34. The van der Waals surface area contributed by atoms with Crippen LogP contribution in [0.3, 0.4) is 0 Å². The van der Waals surface area contributed by atoms with E-state index >= 15 is 0 Å². The minimum Gasteiger partial charge on any atom is -0.323 e. The van der Waals surface area contributed by atoms with Crippen LogP contribution in [0.1, 0.15) is 0 Å². The highest BCUT2D eigenvalue weighted by Gasteiger charge is 2.28. The van der Waals surface area contributed by atoms with E-state index in [-0.39, 0.29) is 0 Å². The standard InChI is InChI=1S/C15H17N3OS/c1-17(2)10-11-18-12-6-3-4-7-13(12)20(19)14-8-5-9-16-15(14)18/h3-9H,10-11H2,1-2H3. The van der Waals surface area contributed by atoms with Crippen LogP contribution in [0.5, 0.6) is 0 Å². The molecule has 0 saturated carbocycles. The molecule has 0 fully saturated rings. The lowest BCUT2D eigenvalue weighted by atomic mass is 10.2. The Morgan fingerprint density at radius 2 is 1.90 bits per heavy atom. The number of likely N-dealkylation sites (N-methyl/N-ethyl adjacent to an activating group) is 1. The maximum Gasteiger partial charge on any atom is 0.149 e. The third kappa shape index (κ3) is 2.23. The Morgan fingerprint density at radius 1 is 1.15 bits per heavy atom.